The average Bonchev–Trinajstić information content (AvgIpc) is 2.24. The van der Waals surface area contributed by atoms with Gasteiger partial charge in [-0.2, -0.15) is 11.8 Å². The van der Waals surface area contributed by atoms with E-state index in [1.165, 1.54) is 5.56 Å². The number of benzene rings is 1. The van der Waals surface area contributed by atoms with Crippen LogP contribution in [0.25, 0.3) is 0 Å². The molecule has 0 amide bonds. The zero-order chi connectivity index (χ0) is 10.9. The molecule has 1 aromatic rings. The van der Waals surface area contributed by atoms with Crippen molar-refractivity contribution in [2.45, 2.75) is 37.5 Å². The second kappa shape index (κ2) is 4.18. The van der Waals surface area contributed by atoms with Crippen molar-refractivity contribution >= 4 is 11.8 Å². The highest BCUT2D eigenvalue weighted by Gasteiger charge is 2.33. The standard InChI is InChI=1S/C13H18OS/c1-10-3-5-12(6-4-10)13(14)8-7-11(2)15-9-13/h3-6,11,14H,7-9H2,1-2H3/t11-,13+/m0/s1. The number of aryl methyl sites for hydroxylation is 1. The molecule has 15 heavy (non-hydrogen) atoms. The molecule has 0 bridgehead atoms. The minimum atomic E-state index is -0.592. The molecule has 1 aliphatic rings. The predicted molar refractivity (Wildman–Crippen MR) is 66.2 cm³/mol. The van der Waals surface area contributed by atoms with Crippen molar-refractivity contribution < 1.29 is 5.11 Å². The van der Waals surface area contributed by atoms with Gasteiger partial charge >= 0.3 is 0 Å². The van der Waals surface area contributed by atoms with Gasteiger partial charge in [0.2, 0.25) is 0 Å². The van der Waals surface area contributed by atoms with Gasteiger partial charge in [0.15, 0.2) is 0 Å². The highest BCUT2D eigenvalue weighted by Crippen LogP contribution is 2.38. The van der Waals surface area contributed by atoms with E-state index in [-0.39, 0.29) is 0 Å². The number of rotatable bonds is 1. The second-order valence-electron chi connectivity index (χ2n) is 4.56. The second-order valence-corrected chi connectivity index (χ2v) is 5.98. The summed E-state index contributed by atoms with van der Waals surface area (Å²) in [6.07, 6.45) is 2.00. The molecule has 2 rings (SSSR count). The minimum absolute atomic E-state index is 0.592. The Labute approximate surface area is 95.9 Å². The Bertz CT molecular complexity index is 323. The maximum atomic E-state index is 10.5. The lowest BCUT2D eigenvalue weighted by molar-refractivity contribution is 0.0471. The van der Waals surface area contributed by atoms with Crippen molar-refractivity contribution in [1.29, 1.82) is 0 Å². The fraction of sp³-hybridized carbons (Fsp3) is 0.538. The van der Waals surface area contributed by atoms with Crippen molar-refractivity contribution in [2.24, 2.45) is 0 Å². The molecule has 0 saturated carbocycles. The summed E-state index contributed by atoms with van der Waals surface area (Å²) in [5, 5.41) is 11.2. The Morgan fingerprint density at radius 2 is 2.00 bits per heavy atom. The van der Waals surface area contributed by atoms with Gasteiger partial charge in [-0.25, -0.2) is 0 Å². The van der Waals surface area contributed by atoms with Crippen molar-refractivity contribution in [3.63, 3.8) is 0 Å². The molecule has 2 heteroatoms. The van der Waals surface area contributed by atoms with Crippen molar-refractivity contribution in [2.75, 3.05) is 5.75 Å². The lowest BCUT2D eigenvalue weighted by Crippen LogP contribution is -2.33. The number of aliphatic hydroxyl groups is 1. The molecular weight excluding hydrogens is 204 g/mol. The molecule has 1 aromatic carbocycles. The van der Waals surface area contributed by atoms with Crippen molar-refractivity contribution in [3.05, 3.63) is 35.4 Å². The summed E-state index contributed by atoms with van der Waals surface area (Å²) in [6.45, 7) is 4.31. The monoisotopic (exact) mass is 222 g/mol. The van der Waals surface area contributed by atoms with Crippen LogP contribution in [0.1, 0.15) is 30.9 Å². The van der Waals surface area contributed by atoms with Gasteiger partial charge < -0.3 is 5.11 Å². The van der Waals surface area contributed by atoms with E-state index in [0.717, 1.165) is 24.2 Å². The maximum Gasteiger partial charge on any atom is 0.0987 e. The molecular formula is C13H18OS. The Kier molecular flexibility index (Phi) is 3.08. The Hall–Kier alpha value is -0.470. The molecule has 0 unspecified atom stereocenters. The highest BCUT2D eigenvalue weighted by atomic mass is 32.2. The topological polar surface area (TPSA) is 20.2 Å². The van der Waals surface area contributed by atoms with Crippen molar-refractivity contribution in [3.8, 4) is 0 Å². The first-order valence-corrected chi connectivity index (χ1v) is 6.56. The zero-order valence-electron chi connectivity index (χ0n) is 9.36. The summed E-state index contributed by atoms with van der Waals surface area (Å²) in [4.78, 5) is 0. The summed E-state index contributed by atoms with van der Waals surface area (Å²) < 4.78 is 0. The van der Waals surface area contributed by atoms with E-state index < -0.39 is 5.60 Å². The van der Waals surface area contributed by atoms with Gasteiger partial charge in [0.1, 0.15) is 0 Å². The fourth-order valence-corrected chi connectivity index (χ4v) is 3.12. The molecule has 0 aliphatic carbocycles. The van der Waals surface area contributed by atoms with Crippen LogP contribution in [0.2, 0.25) is 0 Å². The van der Waals surface area contributed by atoms with Crippen LogP contribution in [0.5, 0.6) is 0 Å². The van der Waals surface area contributed by atoms with Gasteiger partial charge in [0, 0.05) is 11.0 Å². The van der Waals surface area contributed by atoms with Gasteiger partial charge in [-0.05, 0) is 25.3 Å². The third kappa shape index (κ3) is 2.37. The highest BCUT2D eigenvalue weighted by molar-refractivity contribution is 7.99. The SMILES string of the molecule is Cc1ccc([C@@]2(O)CC[C@H](C)SC2)cc1. The van der Waals surface area contributed by atoms with Gasteiger partial charge in [0.25, 0.3) is 0 Å². The van der Waals surface area contributed by atoms with E-state index in [1.54, 1.807) is 0 Å². The molecule has 1 heterocycles. The van der Waals surface area contributed by atoms with Crippen LogP contribution in [0.4, 0.5) is 0 Å². The molecule has 1 saturated heterocycles. The first kappa shape index (κ1) is 11.0. The molecule has 1 nitrogen and oxygen atoms in total. The molecule has 1 N–H and O–H groups in total. The van der Waals surface area contributed by atoms with Crippen LogP contribution in [0, 0.1) is 6.92 Å². The van der Waals surface area contributed by atoms with Crippen LogP contribution >= 0.6 is 11.8 Å². The lowest BCUT2D eigenvalue weighted by Gasteiger charge is -2.35. The molecule has 1 fully saturated rings. The van der Waals surface area contributed by atoms with E-state index in [0.29, 0.717) is 5.25 Å². The molecule has 0 radical (unpaired) electrons. The summed E-state index contributed by atoms with van der Waals surface area (Å²) >= 11 is 1.87. The largest absolute Gasteiger partial charge is 0.384 e. The predicted octanol–water partition coefficient (Wildman–Crippen LogP) is 3.10. The number of thioether (sulfide) groups is 1. The Balaban J connectivity index is 2.18. The van der Waals surface area contributed by atoms with E-state index in [2.05, 4.69) is 38.1 Å². The van der Waals surface area contributed by atoms with E-state index in [9.17, 15) is 5.11 Å². The van der Waals surface area contributed by atoms with Crippen LogP contribution < -0.4 is 0 Å². The molecule has 0 aromatic heterocycles. The Morgan fingerprint density at radius 1 is 1.33 bits per heavy atom. The smallest absolute Gasteiger partial charge is 0.0987 e. The third-order valence-corrected chi connectivity index (χ3v) is 4.61. The van der Waals surface area contributed by atoms with Gasteiger partial charge in [-0.15, -0.1) is 0 Å². The quantitative estimate of drug-likeness (QED) is 0.788. The minimum Gasteiger partial charge on any atom is -0.384 e. The van der Waals surface area contributed by atoms with Crippen LogP contribution in [0.15, 0.2) is 24.3 Å². The normalized spacial score (nSPS) is 31.5. The number of hydrogen-bond donors (Lipinski definition) is 1. The van der Waals surface area contributed by atoms with Crippen LogP contribution in [0.3, 0.4) is 0 Å². The first-order valence-electron chi connectivity index (χ1n) is 5.51. The maximum absolute atomic E-state index is 10.5. The van der Waals surface area contributed by atoms with E-state index >= 15 is 0 Å². The lowest BCUT2D eigenvalue weighted by atomic mass is 9.89. The molecule has 2 atom stereocenters. The van der Waals surface area contributed by atoms with Crippen molar-refractivity contribution in [1.82, 2.24) is 0 Å². The Morgan fingerprint density at radius 3 is 2.53 bits per heavy atom. The summed E-state index contributed by atoms with van der Waals surface area (Å²) in [6, 6.07) is 8.28. The van der Waals surface area contributed by atoms with E-state index in [1.807, 2.05) is 11.8 Å². The molecule has 82 valence electrons. The molecule has 0 spiro atoms. The van der Waals surface area contributed by atoms with Gasteiger partial charge in [-0.3, -0.25) is 0 Å². The summed E-state index contributed by atoms with van der Waals surface area (Å²) in [7, 11) is 0. The molecule has 1 aliphatic heterocycles. The first-order chi connectivity index (χ1) is 7.10. The zero-order valence-corrected chi connectivity index (χ0v) is 10.2. The van der Waals surface area contributed by atoms with Gasteiger partial charge in [0.05, 0.1) is 5.60 Å². The van der Waals surface area contributed by atoms with Gasteiger partial charge in [-0.1, -0.05) is 36.8 Å². The fourth-order valence-electron chi connectivity index (χ4n) is 1.97. The van der Waals surface area contributed by atoms with E-state index in [4.69, 9.17) is 0 Å². The summed E-state index contributed by atoms with van der Waals surface area (Å²) in [5.74, 6) is 0.831. The van der Waals surface area contributed by atoms with Crippen LogP contribution in [-0.2, 0) is 5.60 Å². The number of hydrogen-bond acceptors (Lipinski definition) is 2. The average molecular weight is 222 g/mol. The third-order valence-electron chi connectivity index (χ3n) is 3.16. The van der Waals surface area contributed by atoms with Crippen LogP contribution in [-0.4, -0.2) is 16.1 Å². The summed E-state index contributed by atoms with van der Waals surface area (Å²) in [5.41, 5.74) is 1.73.